The average Bonchev–Trinajstić information content (AvgIpc) is 2.83. The number of rotatable bonds is 3. The number of hydrogen-bond donors (Lipinski definition) is 2. The molecule has 25 heavy (non-hydrogen) atoms. The average molecular weight is 373 g/mol. The molecule has 0 spiro atoms. The van der Waals surface area contributed by atoms with Crippen molar-refractivity contribution in [3.63, 3.8) is 0 Å². The summed E-state index contributed by atoms with van der Waals surface area (Å²) in [5.41, 5.74) is 6.64. The summed E-state index contributed by atoms with van der Waals surface area (Å²) >= 11 is 0. The van der Waals surface area contributed by atoms with Gasteiger partial charge in [-0.1, -0.05) is 13.3 Å². The van der Waals surface area contributed by atoms with Crippen molar-refractivity contribution in [3.05, 3.63) is 23.8 Å². The van der Waals surface area contributed by atoms with Crippen molar-refractivity contribution in [1.82, 2.24) is 18.9 Å². The molecule has 0 aromatic carbocycles. The van der Waals surface area contributed by atoms with Crippen molar-refractivity contribution in [2.75, 3.05) is 25.1 Å². The molecular weight excluding hydrogens is 349 g/mol. The molecular formula is C15H24FN5O3S. The number of fused-ring (bicyclic) bond motifs is 1. The van der Waals surface area contributed by atoms with Gasteiger partial charge in [0.2, 0.25) is 16.0 Å². The lowest BCUT2D eigenvalue weighted by molar-refractivity contribution is 0.108. The molecule has 0 bridgehead atoms. The predicted molar refractivity (Wildman–Crippen MR) is 93.0 cm³/mol. The Kier molecular flexibility index (Phi) is 6.31. The van der Waals surface area contributed by atoms with Gasteiger partial charge in [-0.2, -0.15) is 4.31 Å². The molecule has 0 amide bonds. The Morgan fingerprint density at radius 1 is 1.48 bits per heavy atom. The molecule has 3 rings (SSSR count). The molecule has 140 valence electrons. The van der Waals surface area contributed by atoms with Gasteiger partial charge in [-0.15, -0.1) is 5.10 Å². The van der Waals surface area contributed by atoms with Gasteiger partial charge in [0, 0.05) is 18.8 Å². The lowest BCUT2D eigenvalue weighted by Crippen LogP contribution is -2.41. The van der Waals surface area contributed by atoms with Crippen LogP contribution in [0.1, 0.15) is 31.9 Å². The Balaban J connectivity index is 0.000000186. The molecule has 8 nitrogen and oxygen atoms in total. The van der Waals surface area contributed by atoms with Crippen LogP contribution in [0.3, 0.4) is 0 Å². The summed E-state index contributed by atoms with van der Waals surface area (Å²) in [5.74, 6) is -0.140. The van der Waals surface area contributed by atoms with Crippen LogP contribution in [-0.4, -0.2) is 57.9 Å². The number of aliphatic hydroxyl groups is 1. The summed E-state index contributed by atoms with van der Waals surface area (Å²) in [6, 6.07) is 1.48. The van der Waals surface area contributed by atoms with Crippen molar-refractivity contribution in [2.24, 2.45) is 0 Å². The number of nitrogen functional groups attached to an aromatic ring is 1. The molecule has 1 saturated heterocycles. The second-order valence-electron chi connectivity index (χ2n) is 6.06. The molecule has 0 saturated carbocycles. The van der Waals surface area contributed by atoms with Crippen molar-refractivity contribution < 1.29 is 17.9 Å². The maximum absolute atomic E-state index is 13.3. The van der Waals surface area contributed by atoms with Gasteiger partial charge in [-0.05, 0) is 25.3 Å². The number of nitrogens with two attached hydrogens (primary N) is 1. The molecule has 1 aliphatic heterocycles. The number of nitrogens with zero attached hydrogens (tertiary/aromatic N) is 4. The summed E-state index contributed by atoms with van der Waals surface area (Å²) < 4.78 is 38.0. The molecule has 2 aromatic heterocycles. The fraction of sp³-hybridized carbons (Fsp3) is 0.600. The van der Waals surface area contributed by atoms with Crippen LogP contribution in [0.5, 0.6) is 0 Å². The normalized spacial score (nSPS) is 18.8. The zero-order chi connectivity index (χ0) is 18.6. The minimum absolute atomic E-state index is 0.158. The summed E-state index contributed by atoms with van der Waals surface area (Å²) in [4.78, 5) is 3.75. The minimum Gasteiger partial charge on any atom is -0.392 e. The van der Waals surface area contributed by atoms with Gasteiger partial charge >= 0.3 is 0 Å². The number of aliphatic hydroxyl groups excluding tert-OH is 1. The van der Waals surface area contributed by atoms with Crippen LogP contribution in [0.25, 0.3) is 5.52 Å². The van der Waals surface area contributed by atoms with E-state index in [1.165, 1.54) is 27.3 Å². The van der Waals surface area contributed by atoms with E-state index in [1.54, 1.807) is 0 Å². The first-order chi connectivity index (χ1) is 11.7. The maximum Gasteiger partial charge on any atom is 0.238 e. The number of aromatic nitrogens is 3. The Morgan fingerprint density at radius 3 is 2.76 bits per heavy atom. The molecule has 0 aliphatic carbocycles. The number of sulfonamides is 1. The highest BCUT2D eigenvalue weighted by molar-refractivity contribution is 7.88. The van der Waals surface area contributed by atoms with Crippen LogP contribution in [0, 0.1) is 5.82 Å². The molecule has 1 unspecified atom stereocenters. The van der Waals surface area contributed by atoms with Crippen molar-refractivity contribution in [3.8, 4) is 0 Å². The number of aryl methyl sites for hydroxylation is 1. The zero-order valence-corrected chi connectivity index (χ0v) is 15.2. The van der Waals surface area contributed by atoms with E-state index in [2.05, 4.69) is 10.1 Å². The first-order valence-electron chi connectivity index (χ1n) is 8.14. The van der Waals surface area contributed by atoms with Crippen LogP contribution >= 0.6 is 0 Å². The van der Waals surface area contributed by atoms with E-state index in [4.69, 9.17) is 10.8 Å². The SMILES string of the molecule is CCCc1cc(F)c2cnc(N)nn12.CS(=O)(=O)N1CCCC(O)C1. The summed E-state index contributed by atoms with van der Waals surface area (Å²) in [6.07, 6.45) is 5.29. The Labute approximate surface area is 146 Å². The van der Waals surface area contributed by atoms with E-state index in [0.29, 0.717) is 18.5 Å². The molecule has 1 atom stereocenters. The third-order valence-corrected chi connectivity index (χ3v) is 5.16. The fourth-order valence-electron chi connectivity index (χ4n) is 2.68. The van der Waals surface area contributed by atoms with Gasteiger partial charge in [0.05, 0.1) is 18.6 Å². The molecule has 10 heteroatoms. The van der Waals surface area contributed by atoms with E-state index >= 15 is 0 Å². The van der Waals surface area contributed by atoms with Crippen molar-refractivity contribution in [2.45, 2.75) is 38.7 Å². The lowest BCUT2D eigenvalue weighted by atomic mass is 10.1. The second kappa shape index (κ2) is 8.07. The molecule has 3 N–H and O–H groups in total. The minimum atomic E-state index is -3.09. The molecule has 0 radical (unpaired) electrons. The van der Waals surface area contributed by atoms with Crippen LogP contribution in [0.4, 0.5) is 10.3 Å². The van der Waals surface area contributed by atoms with Gasteiger partial charge in [-0.3, -0.25) is 0 Å². The highest BCUT2D eigenvalue weighted by Gasteiger charge is 2.23. The first kappa shape index (κ1) is 19.5. The Bertz CT molecular complexity index is 824. The van der Waals surface area contributed by atoms with Crippen LogP contribution < -0.4 is 5.73 Å². The zero-order valence-electron chi connectivity index (χ0n) is 14.4. The highest BCUT2D eigenvalue weighted by Crippen LogP contribution is 2.15. The van der Waals surface area contributed by atoms with E-state index in [-0.39, 0.29) is 18.3 Å². The van der Waals surface area contributed by atoms with Gasteiger partial charge in [0.1, 0.15) is 5.52 Å². The van der Waals surface area contributed by atoms with Crippen molar-refractivity contribution >= 4 is 21.5 Å². The molecule has 2 aromatic rings. The Morgan fingerprint density at radius 2 is 2.20 bits per heavy atom. The second-order valence-corrected chi connectivity index (χ2v) is 8.05. The largest absolute Gasteiger partial charge is 0.392 e. The van der Waals surface area contributed by atoms with E-state index in [9.17, 15) is 12.8 Å². The lowest BCUT2D eigenvalue weighted by Gasteiger charge is -2.27. The summed E-state index contributed by atoms with van der Waals surface area (Å²) in [7, 11) is -3.09. The van der Waals surface area contributed by atoms with E-state index in [0.717, 1.165) is 25.0 Å². The third kappa shape index (κ3) is 5.10. The summed E-state index contributed by atoms with van der Waals surface area (Å²) in [5, 5.41) is 13.1. The Hall–Kier alpha value is -1.78. The van der Waals surface area contributed by atoms with Gasteiger partial charge in [-0.25, -0.2) is 22.3 Å². The monoisotopic (exact) mass is 373 g/mol. The topological polar surface area (TPSA) is 114 Å². The number of piperidine rings is 1. The third-order valence-electron chi connectivity index (χ3n) is 3.89. The van der Waals surface area contributed by atoms with Crippen molar-refractivity contribution in [1.29, 1.82) is 0 Å². The standard InChI is InChI=1S/C9H11FN4.C6H13NO3S/c1-2-3-6-4-7(10)8-5-12-9(11)13-14(6)8;1-11(9,10)7-4-2-3-6(8)5-7/h4-5H,2-3H2,1H3,(H2,11,13);6,8H,2-5H2,1H3. The fourth-order valence-corrected chi connectivity index (χ4v) is 3.59. The van der Waals surface area contributed by atoms with Crippen LogP contribution in [0.2, 0.25) is 0 Å². The van der Waals surface area contributed by atoms with Crippen LogP contribution in [-0.2, 0) is 16.4 Å². The molecule has 3 heterocycles. The van der Waals surface area contributed by atoms with Gasteiger partial charge < -0.3 is 10.8 Å². The predicted octanol–water partition coefficient (Wildman–Crippen LogP) is 0.806. The van der Waals surface area contributed by atoms with Gasteiger partial charge in [0.15, 0.2) is 5.82 Å². The first-order valence-corrected chi connectivity index (χ1v) is 9.99. The highest BCUT2D eigenvalue weighted by atomic mass is 32.2. The number of hydrogen-bond acceptors (Lipinski definition) is 6. The van der Waals surface area contributed by atoms with E-state index < -0.39 is 16.1 Å². The smallest absolute Gasteiger partial charge is 0.238 e. The van der Waals surface area contributed by atoms with Gasteiger partial charge in [0.25, 0.3) is 0 Å². The summed E-state index contributed by atoms with van der Waals surface area (Å²) in [6.45, 7) is 2.84. The number of β-amino-alcohol motifs (C(OH)–C–C–N with tert-alkyl or cyclic N) is 1. The van der Waals surface area contributed by atoms with E-state index in [1.807, 2.05) is 6.92 Å². The molecule has 1 fully saturated rings. The number of anilines is 1. The van der Waals surface area contributed by atoms with Crippen LogP contribution in [0.15, 0.2) is 12.3 Å². The number of halogens is 1. The quantitative estimate of drug-likeness (QED) is 0.823. The maximum atomic E-state index is 13.3. The molecule has 1 aliphatic rings.